The first-order chi connectivity index (χ1) is 10.7. The van der Waals surface area contributed by atoms with Crippen molar-refractivity contribution in [2.75, 3.05) is 31.1 Å². The third-order valence-corrected chi connectivity index (χ3v) is 6.17. The SMILES string of the molecule is O=C1O[C@]2(CN3CCC2CC3)CN1c1ccc2cnsc2c1. The van der Waals surface area contributed by atoms with Gasteiger partial charge in [0, 0.05) is 29.7 Å². The van der Waals surface area contributed by atoms with Gasteiger partial charge in [-0.2, -0.15) is 4.37 Å². The molecular weight excluding hydrogens is 298 g/mol. The molecule has 1 aromatic heterocycles. The lowest BCUT2D eigenvalue weighted by Crippen LogP contribution is -2.61. The number of benzene rings is 1. The van der Waals surface area contributed by atoms with Gasteiger partial charge >= 0.3 is 6.09 Å². The molecular formula is C16H17N3O2S. The molecule has 4 aliphatic rings. The maximum Gasteiger partial charge on any atom is 0.415 e. The number of nitrogens with zero attached hydrogens (tertiary/aromatic N) is 3. The van der Waals surface area contributed by atoms with Crippen LogP contribution in [0.25, 0.3) is 10.1 Å². The maximum absolute atomic E-state index is 12.5. The molecule has 6 rings (SSSR count). The highest BCUT2D eigenvalue weighted by Gasteiger charge is 2.55. The van der Waals surface area contributed by atoms with Gasteiger partial charge in [0.05, 0.1) is 11.2 Å². The number of hydrogen-bond acceptors (Lipinski definition) is 5. The van der Waals surface area contributed by atoms with E-state index in [2.05, 4.69) is 15.3 Å². The predicted molar refractivity (Wildman–Crippen MR) is 85.3 cm³/mol. The standard InChI is InChI=1S/C16H17N3O2S/c20-15-19(13-2-1-11-8-17-22-14(11)7-13)10-16(21-15)9-18-5-3-12(16)4-6-18/h1-2,7-8,12H,3-6,9-10H2/t16-/m1/s1. The van der Waals surface area contributed by atoms with Crippen LogP contribution in [0.2, 0.25) is 0 Å². The molecule has 1 amide bonds. The lowest BCUT2D eigenvalue weighted by molar-refractivity contribution is -0.0881. The lowest BCUT2D eigenvalue weighted by Gasteiger charge is -2.49. The highest BCUT2D eigenvalue weighted by Crippen LogP contribution is 2.43. The average Bonchev–Trinajstić information content (AvgIpc) is 3.12. The monoisotopic (exact) mass is 315 g/mol. The highest BCUT2D eigenvalue weighted by molar-refractivity contribution is 7.13. The van der Waals surface area contributed by atoms with Crippen molar-refractivity contribution in [3.8, 4) is 0 Å². The summed E-state index contributed by atoms with van der Waals surface area (Å²) < 4.78 is 11.2. The van der Waals surface area contributed by atoms with Crippen LogP contribution < -0.4 is 4.90 Å². The van der Waals surface area contributed by atoms with Crippen LogP contribution in [-0.4, -0.2) is 47.1 Å². The van der Waals surface area contributed by atoms with Gasteiger partial charge < -0.3 is 4.74 Å². The van der Waals surface area contributed by atoms with Crippen molar-refractivity contribution in [3.05, 3.63) is 24.4 Å². The number of fused-ring (bicyclic) bond motifs is 3. The van der Waals surface area contributed by atoms with E-state index in [0.717, 1.165) is 48.2 Å². The molecule has 6 heteroatoms. The van der Waals surface area contributed by atoms with Crippen LogP contribution in [0.5, 0.6) is 0 Å². The summed E-state index contributed by atoms with van der Waals surface area (Å²) in [7, 11) is 0. The number of aromatic nitrogens is 1. The molecule has 2 bridgehead atoms. The van der Waals surface area contributed by atoms with Crippen LogP contribution in [0.1, 0.15) is 12.8 Å². The summed E-state index contributed by atoms with van der Waals surface area (Å²) in [5.74, 6) is 0.513. The second-order valence-corrected chi connectivity index (χ2v) is 7.45. The molecule has 1 spiro atoms. The van der Waals surface area contributed by atoms with E-state index in [1.807, 2.05) is 18.3 Å². The van der Waals surface area contributed by atoms with Gasteiger partial charge in [-0.15, -0.1) is 0 Å². The van der Waals surface area contributed by atoms with E-state index < -0.39 is 0 Å². The first-order valence-corrected chi connectivity index (χ1v) is 8.58. The lowest BCUT2D eigenvalue weighted by atomic mass is 9.75. The molecule has 5 heterocycles. The number of ether oxygens (including phenoxy) is 1. The summed E-state index contributed by atoms with van der Waals surface area (Å²) in [6.07, 6.45) is 3.96. The first-order valence-electron chi connectivity index (χ1n) is 7.81. The normalized spacial score (nSPS) is 33.8. The summed E-state index contributed by atoms with van der Waals surface area (Å²) in [6, 6.07) is 6.08. The summed E-state index contributed by atoms with van der Waals surface area (Å²) in [4.78, 5) is 16.7. The summed E-state index contributed by atoms with van der Waals surface area (Å²) in [6.45, 7) is 3.87. The van der Waals surface area contributed by atoms with E-state index >= 15 is 0 Å². The Balaban J connectivity index is 1.49. The van der Waals surface area contributed by atoms with Crippen LogP contribution in [0.15, 0.2) is 24.4 Å². The van der Waals surface area contributed by atoms with Gasteiger partial charge in [-0.25, -0.2) is 4.79 Å². The number of rotatable bonds is 1. The van der Waals surface area contributed by atoms with Crippen molar-refractivity contribution in [3.63, 3.8) is 0 Å². The molecule has 0 saturated carbocycles. The highest BCUT2D eigenvalue weighted by atomic mass is 32.1. The van der Waals surface area contributed by atoms with Crippen molar-refractivity contribution in [2.24, 2.45) is 5.92 Å². The van der Waals surface area contributed by atoms with Crippen molar-refractivity contribution in [1.82, 2.24) is 9.27 Å². The Morgan fingerprint density at radius 2 is 2.14 bits per heavy atom. The van der Waals surface area contributed by atoms with Gasteiger partial charge in [-0.1, -0.05) is 0 Å². The Morgan fingerprint density at radius 1 is 1.27 bits per heavy atom. The largest absolute Gasteiger partial charge is 0.439 e. The summed E-state index contributed by atoms with van der Waals surface area (Å²) >= 11 is 1.46. The average molecular weight is 315 g/mol. The molecule has 0 N–H and O–H groups in total. The van der Waals surface area contributed by atoms with E-state index in [1.54, 1.807) is 4.90 Å². The van der Waals surface area contributed by atoms with E-state index in [1.165, 1.54) is 11.5 Å². The maximum atomic E-state index is 12.5. The smallest absolute Gasteiger partial charge is 0.415 e. The fourth-order valence-electron chi connectivity index (χ4n) is 4.23. The zero-order valence-electron chi connectivity index (χ0n) is 12.2. The minimum absolute atomic E-state index is 0.197. The number of carbonyl (C=O) groups excluding carboxylic acids is 1. The Bertz CT molecular complexity index is 753. The third-order valence-electron chi connectivity index (χ3n) is 5.41. The number of amides is 1. The van der Waals surface area contributed by atoms with Crippen LogP contribution in [0.3, 0.4) is 0 Å². The fraction of sp³-hybridized carbons (Fsp3) is 0.500. The first kappa shape index (κ1) is 12.8. The van der Waals surface area contributed by atoms with E-state index in [0.29, 0.717) is 12.5 Å². The van der Waals surface area contributed by atoms with Crippen molar-refractivity contribution in [1.29, 1.82) is 0 Å². The molecule has 0 aliphatic carbocycles. The topological polar surface area (TPSA) is 45.7 Å². The van der Waals surface area contributed by atoms with Gasteiger partial charge in [0.25, 0.3) is 0 Å². The number of piperidine rings is 3. The third kappa shape index (κ3) is 1.74. The number of hydrogen-bond donors (Lipinski definition) is 0. The van der Waals surface area contributed by atoms with Gasteiger partial charge in [-0.3, -0.25) is 9.80 Å². The molecule has 4 saturated heterocycles. The van der Waals surface area contributed by atoms with Gasteiger partial charge in [0.2, 0.25) is 0 Å². The zero-order chi connectivity index (χ0) is 14.7. The molecule has 114 valence electrons. The second-order valence-electron chi connectivity index (χ2n) is 6.62. The molecule has 5 nitrogen and oxygen atoms in total. The molecule has 0 radical (unpaired) electrons. The minimum Gasteiger partial charge on any atom is -0.439 e. The number of carbonyl (C=O) groups is 1. The van der Waals surface area contributed by atoms with Crippen molar-refractivity contribution in [2.45, 2.75) is 18.4 Å². The van der Waals surface area contributed by atoms with Crippen LogP contribution in [0.4, 0.5) is 10.5 Å². The Morgan fingerprint density at radius 3 is 2.91 bits per heavy atom. The van der Waals surface area contributed by atoms with Gasteiger partial charge in [0.15, 0.2) is 0 Å². The van der Waals surface area contributed by atoms with E-state index in [-0.39, 0.29) is 11.7 Å². The zero-order valence-corrected chi connectivity index (χ0v) is 13.0. The molecule has 1 atom stereocenters. The van der Waals surface area contributed by atoms with Crippen LogP contribution >= 0.6 is 11.5 Å². The van der Waals surface area contributed by atoms with E-state index in [9.17, 15) is 4.79 Å². The quantitative estimate of drug-likeness (QED) is 0.812. The Kier molecular flexibility index (Phi) is 2.58. The molecule has 1 aromatic carbocycles. The van der Waals surface area contributed by atoms with Crippen molar-refractivity contribution >= 4 is 33.4 Å². The molecule has 4 fully saturated rings. The summed E-state index contributed by atoms with van der Waals surface area (Å²) in [5.41, 5.74) is 0.631. The Labute approximate surface area is 132 Å². The van der Waals surface area contributed by atoms with Crippen molar-refractivity contribution < 1.29 is 9.53 Å². The predicted octanol–water partition coefficient (Wildman–Crippen LogP) is 2.72. The van der Waals surface area contributed by atoms with Crippen LogP contribution in [0, 0.1) is 5.92 Å². The second kappa shape index (κ2) is 4.43. The molecule has 4 aliphatic heterocycles. The fourth-order valence-corrected chi connectivity index (χ4v) is 4.91. The van der Waals surface area contributed by atoms with Gasteiger partial charge in [0.1, 0.15) is 5.60 Å². The summed E-state index contributed by atoms with van der Waals surface area (Å²) in [5, 5.41) is 1.12. The Hall–Kier alpha value is -1.66. The van der Waals surface area contributed by atoms with Gasteiger partial charge in [-0.05, 0) is 55.7 Å². The molecule has 0 unspecified atom stereocenters. The number of anilines is 1. The minimum atomic E-state index is -0.295. The molecule has 22 heavy (non-hydrogen) atoms. The molecule has 2 aromatic rings. The van der Waals surface area contributed by atoms with Crippen LogP contribution in [-0.2, 0) is 4.74 Å². The van der Waals surface area contributed by atoms with E-state index in [4.69, 9.17) is 4.74 Å².